The van der Waals surface area contributed by atoms with Gasteiger partial charge in [-0.25, -0.2) is 9.46 Å². The molecule has 2 amide bonds. The number of para-hydroxylation sites is 1. The van der Waals surface area contributed by atoms with Gasteiger partial charge in [-0.1, -0.05) is 23.7 Å². The van der Waals surface area contributed by atoms with Crippen molar-refractivity contribution in [3.05, 3.63) is 53.6 Å². The molecular weight excluding hydrogens is 295 g/mol. The third kappa shape index (κ3) is 2.01. The van der Waals surface area contributed by atoms with E-state index in [1.54, 1.807) is 49.1 Å². The summed E-state index contributed by atoms with van der Waals surface area (Å²) in [7, 11) is -3.00. The van der Waals surface area contributed by atoms with Crippen LogP contribution < -0.4 is 15.3 Å². The molecule has 0 spiro atoms. The van der Waals surface area contributed by atoms with Crippen LogP contribution in [0.25, 0.3) is 0 Å². The first kappa shape index (κ1) is 13.2. The van der Waals surface area contributed by atoms with Gasteiger partial charge in [-0.2, -0.15) is 0 Å². The second kappa shape index (κ2) is 4.65. The van der Waals surface area contributed by atoms with Crippen LogP contribution in [0, 0.1) is 0 Å². The van der Waals surface area contributed by atoms with Crippen LogP contribution in [-0.4, -0.2) is 12.7 Å². The Morgan fingerprint density at radius 2 is 1.75 bits per heavy atom. The number of nitrogens with one attached hydrogen (secondary N) is 1. The Morgan fingerprint density at radius 3 is 2.45 bits per heavy atom. The van der Waals surface area contributed by atoms with Crippen molar-refractivity contribution in [3.8, 4) is 0 Å². The molecule has 6 heteroatoms. The van der Waals surface area contributed by atoms with Crippen LogP contribution in [0.3, 0.4) is 0 Å². The van der Waals surface area contributed by atoms with E-state index in [1.807, 2.05) is 6.07 Å². The predicted molar refractivity (Wildman–Crippen MR) is 82.6 cm³/mol. The summed E-state index contributed by atoms with van der Waals surface area (Å²) in [4.78, 5) is 12.3. The standard InChI is InChI=1S/C14H12ClN2O2P/c1-20(19)13-5-3-2-4-12(13)16-14(18)17(20)11-8-6-10(15)7-9-11/h2-9H,1H3,(H,16,18). The zero-order chi connectivity index (χ0) is 14.3. The van der Waals surface area contributed by atoms with E-state index in [0.717, 1.165) is 0 Å². The third-order valence-electron chi connectivity index (χ3n) is 3.24. The van der Waals surface area contributed by atoms with Gasteiger partial charge in [-0.05, 0) is 36.4 Å². The molecule has 102 valence electrons. The zero-order valence-corrected chi connectivity index (χ0v) is 12.4. The van der Waals surface area contributed by atoms with E-state index in [4.69, 9.17) is 11.6 Å². The van der Waals surface area contributed by atoms with Crippen molar-refractivity contribution in [1.82, 2.24) is 0 Å². The van der Waals surface area contributed by atoms with Crippen LogP contribution >= 0.6 is 18.9 Å². The molecule has 0 aromatic heterocycles. The summed E-state index contributed by atoms with van der Waals surface area (Å²) in [6, 6.07) is 13.5. The highest BCUT2D eigenvalue weighted by Crippen LogP contribution is 2.51. The average Bonchev–Trinajstić information content (AvgIpc) is 2.40. The second-order valence-corrected chi connectivity index (χ2v) is 7.69. The van der Waals surface area contributed by atoms with Gasteiger partial charge in [0.2, 0.25) is 7.29 Å². The highest BCUT2D eigenvalue weighted by molar-refractivity contribution is 7.73. The summed E-state index contributed by atoms with van der Waals surface area (Å²) in [5.74, 6) is 0. The van der Waals surface area contributed by atoms with Crippen LogP contribution in [-0.2, 0) is 4.57 Å². The van der Waals surface area contributed by atoms with Crippen molar-refractivity contribution < 1.29 is 9.36 Å². The minimum Gasteiger partial charge on any atom is -0.306 e. The Kier molecular flexibility index (Phi) is 3.08. The van der Waals surface area contributed by atoms with Crippen LogP contribution in [0.4, 0.5) is 16.2 Å². The molecule has 2 aromatic carbocycles. The van der Waals surface area contributed by atoms with Crippen molar-refractivity contribution in [2.75, 3.05) is 16.7 Å². The molecule has 20 heavy (non-hydrogen) atoms. The largest absolute Gasteiger partial charge is 0.332 e. The van der Waals surface area contributed by atoms with Crippen LogP contribution in [0.15, 0.2) is 48.5 Å². The number of fused-ring (bicyclic) bond motifs is 1. The van der Waals surface area contributed by atoms with Gasteiger partial charge in [-0.15, -0.1) is 0 Å². The highest BCUT2D eigenvalue weighted by Gasteiger charge is 2.39. The predicted octanol–water partition coefficient (Wildman–Crippen LogP) is 3.93. The lowest BCUT2D eigenvalue weighted by atomic mass is 10.3. The van der Waals surface area contributed by atoms with E-state index >= 15 is 0 Å². The second-order valence-electron chi connectivity index (χ2n) is 4.61. The fraction of sp³-hybridized carbons (Fsp3) is 0.0714. The van der Waals surface area contributed by atoms with Crippen LogP contribution in [0.2, 0.25) is 5.02 Å². The minimum atomic E-state index is -3.00. The maximum Gasteiger partial charge on any atom is 0.332 e. The molecular formula is C14H12ClN2O2P. The number of carbonyl (C=O) groups is 1. The van der Waals surface area contributed by atoms with Gasteiger partial charge in [0.1, 0.15) is 0 Å². The van der Waals surface area contributed by atoms with Crippen molar-refractivity contribution >= 4 is 41.6 Å². The van der Waals surface area contributed by atoms with Crippen molar-refractivity contribution in [1.29, 1.82) is 0 Å². The molecule has 0 radical (unpaired) electrons. The summed E-state index contributed by atoms with van der Waals surface area (Å²) in [6.07, 6.45) is 0. The Labute approximate surface area is 121 Å². The molecule has 1 heterocycles. The number of urea groups is 1. The molecule has 1 unspecified atom stereocenters. The topological polar surface area (TPSA) is 49.4 Å². The number of hydrogen-bond acceptors (Lipinski definition) is 2. The fourth-order valence-electron chi connectivity index (χ4n) is 2.31. The summed E-state index contributed by atoms with van der Waals surface area (Å²) in [5, 5.41) is 3.98. The van der Waals surface area contributed by atoms with Crippen molar-refractivity contribution in [2.24, 2.45) is 0 Å². The van der Waals surface area contributed by atoms with Gasteiger partial charge in [0.25, 0.3) is 0 Å². The quantitative estimate of drug-likeness (QED) is 0.812. The van der Waals surface area contributed by atoms with E-state index in [9.17, 15) is 9.36 Å². The molecule has 0 saturated carbocycles. The third-order valence-corrected chi connectivity index (χ3v) is 5.95. The van der Waals surface area contributed by atoms with Gasteiger partial charge in [0.15, 0.2) is 0 Å². The monoisotopic (exact) mass is 306 g/mol. The van der Waals surface area contributed by atoms with Crippen LogP contribution in [0.5, 0.6) is 0 Å². The molecule has 0 aliphatic carbocycles. The molecule has 4 nitrogen and oxygen atoms in total. The van der Waals surface area contributed by atoms with Gasteiger partial charge in [-0.3, -0.25) is 4.57 Å². The van der Waals surface area contributed by atoms with Gasteiger partial charge in [0.05, 0.1) is 16.7 Å². The van der Waals surface area contributed by atoms with Gasteiger partial charge < -0.3 is 5.32 Å². The number of nitrogens with zero attached hydrogens (tertiary/aromatic N) is 1. The molecule has 0 saturated heterocycles. The van der Waals surface area contributed by atoms with Crippen molar-refractivity contribution in [3.63, 3.8) is 0 Å². The first-order valence-electron chi connectivity index (χ1n) is 6.04. The summed E-state index contributed by atoms with van der Waals surface area (Å²) >= 11 is 5.85. The number of rotatable bonds is 1. The molecule has 1 aliphatic rings. The maximum absolute atomic E-state index is 13.1. The average molecular weight is 307 g/mol. The molecule has 1 atom stereocenters. The van der Waals surface area contributed by atoms with Gasteiger partial charge >= 0.3 is 6.03 Å². The SMILES string of the molecule is CP1(=O)c2ccccc2NC(=O)N1c1ccc(Cl)cc1. The normalized spacial score (nSPS) is 21.3. The lowest BCUT2D eigenvalue weighted by Gasteiger charge is -2.35. The molecule has 0 bridgehead atoms. The minimum absolute atomic E-state index is 0.392. The zero-order valence-electron chi connectivity index (χ0n) is 10.7. The Hall–Kier alpha value is -1.77. The first-order chi connectivity index (χ1) is 9.50. The summed E-state index contributed by atoms with van der Waals surface area (Å²) in [6.45, 7) is 1.60. The summed E-state index contributed by atoms with van der Waals surface area (Å²) in [5.41, 5.74) is 1.17. The fourth-order valence-corrected chi connectivity index (χ4v) is 4.56. The molecule has 3 rings (SSSR count). The van der Waals surface area contributed by atoms with E-state index in [-0.39, 0.29) is 0 Å². The lowest BCUT2D eigenvalue weighted by Crippen LogP contribution is -2.41. The number of anilines is 2. The number of amides is 2. The molecule has 1 N–H and O–H groups in total. The lowest BCUT2D eigenvalue weighted by molar-refractivity contribution is 0.259. The first-order valence-corrected chi connectivity index (χ1v) is 8.53. The van der Waals surface area contributed by atoms with E-state index < -0.39 is 13.3 Å². The Morgan fingerprint density at radius 1 is 1.10 bits per heavy atom. The Bertz CT molecular complexity index is 730. The highest BCUT2D eigenvalue weighted by atomic mass is 35.5. The molecule has 2 aromatic rings. The smallest absolute Gasteiger partial charge is 0.306 e. The molecule has 0 fully saturated rings. The van der Waals surface area contributed by atoms with Gasteiger partial charge in [0, 0.05) is 11.7 Å². The van der Waals surface area contributed by atoms with E-state index in [1.165, 1.54) is 4.67 Å². The maximum atomic E-state index is 13.1. The van der Waals surface area contributed by atoms with E-state index in [0.29, 0.717) is 21.7 Å². The number of hydrogen-bond donors (Lipinski definition) is 1. The number of benzene rings is 2. The summed E-state index contributed by atoms with van der Waals surface area (Å²) < 4.78 is 14.4. The number of halogens is 1. The molecule has 1 aliphatic heterocycles. The van der Waals surface area contributed by atoms with E-state index in [2.05, 4.69) is 5.32 Å². The van der Waals surface area contributed by atoms with Crippen molar-refractivity contribution in [2.45, 2.75) is 0 Å². The Balaban J connectivity index is 2.15. The van der Waals surface area contributed by atoms with Crippen LogP contribution in [0.1, 0.15) is 0 Å². The number of carbonyl (C=O) groups excluding carboxylic acids is 1.